The first kappa shape index (κ1) is 13.0. The maximum atomic E-state index is 10.6. The molecule has 1 nitrogen and oxygen atoms in total. The van der Waals surface area contributed by atoms with Crippen molar-refractivity contribution < 1.29 is 4.79 Å². The minimum Gasteiger partial charge on any atom is -0.288 e. The molecule has 0 saturated heterocycles. The molecule has 0 aliphatic rings. The van der Waals surface area contributed by atoms with Crippen molar-refractivity contribution in [3.8, 4) is 0 Å². The van der Waals surface area contributed by atoms with Crippen molar-refractivity contribution in [1.29, 1.82) is 0 Å². The van der Waals surface area contributed by atoms with Crippen LogP contribution in [0, 0.1) is 0 Å². The SMILES string of the molecule is CCCCCCCCCSC(C)=O. The largest absolute Gasteiger partial charge is 0.288 e. The van der Waals surface area contributed by atoms with Gasteiger partial charge in [-0.3, -0.25) is 4.79 Å². The van der Waals surface area contributed by atoms with Crippen molar-refractivity contribution in [2.24, 2.45) is 0 Å². The molecule has 13 heavy (non-hydrogen) atoms. The van der Waals surface area contributed by atoms with Crippen LogP contribution in [0.2, 0.25) is 0 Å². The quantitative estimate of drug-likeness (QED) is 0.553. The summed E-state index contributed by atoms with van der Waals surface area (Å²) in [5.74, 6) is 1.02. The molecule has 0 rings (SSSR count). The highest BCUT2D eigenvalue weighted by molar-refractivity contribution is 8.13. The third-order valence-electron chi connectivity index (χ3n) is 2.05. The molecule has 78 valence electrons. The average Bonchev–Trinajstić information content (AvgIpc) is 2.09. The van der Waals surface area contributed by atoms with Gasteiger partial charge in [-0.05, 0) is 6.42 Å². The minimum atomic E-state index is 0.256. The molecule has 0 aliphatic carbocycles. The van der Waals surface area contributed by atoms with Gasteiger partial charge in [-0.25, -0.2) is 0 Å². The van der Waals surface area contributed by atoms with Gasteiger partial charge in [0.05, 0.1) is 0 Å². The molecule has 0 saturated carbocycles. The van der Waals surface area contributed by atoms with Gasteiger partial charge >= 0.3 is 0 Å². The Kier molecular flexibility index (Phi) is 10.1. The van der Waals surface area contributed by atoms with Gasteiger partial charge in [0.1, 0.15) is 0 Å². The Labute approximate surface area is 86.7 Å². The van der Waals surface area contributed by atoms with E-state index in [4.69, 9.17) is 0 Å². The molecule has 0 bridgehead atoms. The Hall–Kier alpha value is 0.0200. The number of rotatable bonds is 8. The van der Waals surface area contributed by atoms with Crippen LogP contribution in [-0.2, 0) is 4.79 Å². The molecule has 0 radical (unpaired) electrons. The zero-order chi connectivity index (χ0) is 9.94. The van der Waals surface area contributed by atoms with Crippen molar-refractivity contribution in [1.82, 2.24) is 0 Å². The number of hydrogen-bond acceptors (Lipinski definition) is 2. The van der Waals surface area contributed by atoms with E-state index in [1.807, 2.05) is 0 Å². The van der Waals surface area contributed by atoms with Crippen LogP contribution in [0.15, 0.2) is 0 Å². The van der Waals surface area contributed by atoms with E-state index in [-0.39, 0.29) is 5.12 Å². The molecule has 0 atom stereocenters. The van der Waals surface area contributed by atoms with Crippen LogP contribution in [0.5, 0.6) is 0 Å². The standard InChI is InChI=1S/C11H22OS/c1-3-4-5-6-7-8-9-10-13-11(2)12/h3-10H2,1-2H3. The average molecular weight is 202 g/mol. The Bertz CT molecular complexity index is 123. The lowest BCUT2D eigenvalue weighted by molar-refractivity contribution is -0.109. The molecule has 0 unspecified atom stereocenters. The maximum absolute atomic E-state index is 10.6. The van der Waals surface area contributed by atoms with E-state index in [1.54, 1.807) is 6.92 Å². The third-order valence-corrected chi connectivity index (χ3v) is 2.95. The summed E-state index contributed by atoms with van der Waals surface area (Å²) in [6.07, 6.45) is 9.30. The molecular weight excluding hydrogens is 180 g/mol. The smallest absolute Gasteiger partial charge is 0.185 e. The Morgan fingerprint density at radius 1 is 1.00 bits per heavy atom. The van der Waals surface area contributed by atoms with Gasteiger partial charge in [0.2, 0.25) is 0 Å². The van der Waals surface area contributed by atoms with Gasteiger partial charge in [0, 0.05) is 12.7 Å². The fourth-order valence-electron chi connectivity index (χ4n) is 1.28. The van der Waals surface area contributed by atoms with Gasteiger partial charge in [-0.2, -0.15) is 0 Å². The van der Waals surface area contributed by atoms with E-state index in [9.17, 15) is 4.79 Å². The highest BCUT2D eigenvalue weighted by Crippen LogP contribution is 2.10. The lowest BCUT2D eigenvalue weighted by Crippen LogP contribution is -1.86. The van der Waals surface area contributed by atoms with Gasteiger partial charge in [0.15, 0.2) is 5.12 Å². The lowest BCUT2D eigenvalue weighted by Gasteiger charge is -1.99. The molecule has 0 spiro atoms. The van der Waals surface area contributed by atoms with E-state index in [2.05, 4.69) is 6.92 Å². The molecule has 0 N–H and O–H groups in total. The Balaban J connectivity index is 2.87. The summed E-state index contributed by atoms with van der Waals surface area (Å²) in [6.45, 7) is 3.88. The number of unbranched alkanes of at least 4 members (excludes halogenated alkanes) is 6. The topological polar surface area (TPSA) is 17.1 Å². The summed E-state index contributed by atoms with van der Waals surface area (Å²) in [5.41, 5.74) is 0. The monoisotopic (exact) mass is 202 g/mol. The lowest BCUT2D eigenvalue weighted by atomic mass is 10.1. The fourth-order valence-corrected chi connectivity index (χ4v) is 1.91. The molecule has 0 aromatic carbocycles. The van der Waals surface area contributed by atoms with Gasteiger partial charge < -0.3 is 0 Å². The summed E-state index contributed by atoms with van der Waals surface area (Å²) in [6, 6.07) is 0. The molecule has 2 heteroatoms. The molecule has 0 heterocycles. The summed E-state index contributed by atoms with van der Waals surface area (Å²) in [4.78, 5) is 10.6. The predicted molar refractivity (Wildman–Crippen MR) is 61.1 cm³/mol. The Morgan fingerprint density at radius 2 is 1.54 bits per heavy atom. The summed E-state index contributed by atoms with van der Waals surface area (Å²) in [7, 11) is 0. The Morgan fingerprint density at radius 3 is 2.08 bits per heavy atom. The van der Waals surface area contributed by atoms with Crippen LogP contribution >= 0.6 is 11.8 Å². The van der Waals surface area contributed by atoms with E-state index in [1.165, 1.54) is 56.7 Å². The number of thioether (sulfide) groups is 1. The van der Waals surface area contributed by atoms with Crippen LogP contribution < -0.4 is 0 Å². The third kappa shape index (κ3) is 12.0. The van der Waals surface area contributed by atoms with Crippen LogP contribution in [0.25, 0.3) is 0 Å². The fraction of sp³-hybridized carbons (Fsp3) is 0.909. The van der Waals surface area contributed by atoms with Gasteiger partial charge in [-0.15, -0.1) is 0 Å². The van der Waals surface area contributed by atoms with Crippen molar-refractivity contribution >= 4 is 16.9 Å². The number of hydrogen-bond donors (Lipinski definition) is 0. The maximum Gasteiger partial charge on any atom is 0.185 e. The first-order chi connectivity index (χ1) is 6.27. The number of carbonyl (C=O) groups excluding carboxylic acids is 1. The van der Waals surface area contributed by atoms with Crippen LogP contribution in [0.1, 0.15) is 58.8 Å². The van der Waals surface area contributed by atoms with Crippen LogP contribution in [0.4, 0.5) is 0 Å². The van der Waals surface area contributed by atoms with Gasteiger partial charge in [-0.1, -0.05) is 57.2 Å². The van der Waals surface area contributed by atoms with Crippen molar-refractivity contribution in [2.45, 2.75) is 58.8 Å². The molecule has 0 fully saturated rings. The zero-order valence-corrected chi connectivity index (χ0v) is 9.79. The molecule has 0 aromatic heterocycles. The molecule has 0 amide bonds. The first-order valence-electron chi connectivity index (χ1n) is 5.40. The minimum absolute atomic E-state index is 0.256. The van der Waals surface area contributed by atoms with Crippen molar-refractivity contribution in [3.63, 3.8) is 0 Å². The van der Waals surface area contributed by atoms with E-state index in [0.29, 0.717) is 0 Å². The van der Waals surface area contributed by atoms with Crippen molar-refractivity contribution in [3.05, 3.63) is 0 Å². The first-order valence-corrected chi connectivity index (χ1v) is 6.39. The van der Waals surface area contributed by atoms with Crippen LogP contribution in [0.3, 0.4) is 0 Å². The highest BCUT2D eigenvalue weighted by atomic mass is 32.2. The molecular formula is C11H22OS. The van der Waals surface area contributed by atoms with E-state index >= 15 is 0 Å². The molecule has 0 aliphatic heterocycles. The number of carbonyl (C=O) groups is 1. The van der Waals surface area contributed by atoms with Gasteiger partial charge in [0.25, 0.3) is 0 Å². The predicted octanol–water partition coefficient (Wildman–Crippen LogP) is 4.02. The summed E-state index contributed by atoms with van der Waals surface area (Å²) in [5, 5.41) is 0.256. The second-order valence-corrected chi connectivity index (χ2v) is 4.73. The van der Waals surface area contributed by atoms with E-state index in [0.717, 1.165) is 5.75 Å². The summed E-state index contributed by atoms with van der Waals surface area (Å²) >= 11 is 1.46. The van der Waals surface area contributed by atoms with E-state index < -0.39 is 0 Å². The molecule has 0 aromatic rings. The van der Waals surface area contributed by atoms with Crippen LogP contribution in [-0.4, -0.2) is 10.9 Å². The highest BCUT2D eigenvalue weighted by Gasteiger charge is 1.94. The van der Waals surface area contributed by atoms with Crippen molar-refractivity contribution in [2.75, 3.05) is 5.75 Å². The summed E-state index contributed by atoms with van der Waals surface area (Å²) < 4.78 is 0. The second-order valence-electron chi connectivity index (χ2n) is 3.46. The zero-order valence-electron chi connectivity index (χ0n) is 8.97. The normalized spacial score (nSPS) is 10.3. The second kappa shape index (κ2) is 10.1.